The minimum atomic E-state index is -0.896. The lowest BCUT2D eigenvalue weighted by molar-refractivity contribution is -0.141. The second kappa shape index (κ2) is 6.22. The normalized spacial score (nSPS) is 29.7. The second-order valence-corrected chi connectivity index (χ2v) is 7.41. The van der Waals surface area contributed by atoms with Gasteiger partial charge in [0.05, 0.1) is 0 Å². The number of rotatable bonds is 2. The standard InChI is InChI=1S/C18H24N2O4/c21-17(16-12-7-2-1-3-9-15(12)24-19-16)20-13-8-5-4-6-11(13)10-14(20)18(22)23/h11,13-14H,1-10H2,(H,22,23). The van der Waals surface area contributed by atoms with E-state index in [1.54, 1.807) is 4.90 Å². The number of nitrogens with zero attached hydrogens (tertiary/aromatic N) is 2. The van der Waals surface area contributed by atoms with E-state index in [-0.39, 0.29) is 11.9 Å². The highest BCUT2D eigenvalue weighted by Gasteiger charge is 2.48. The van der Waals surface area contributed by atoms with Crippen LogP contribution in [0.5, 0.6) is 0 Å². The molecule has 6 nitrogen and oxygen atoms in total. The average molecular weight is 332 g/mol. The molecule has 1 N–H and O–H groups in total. The van der Waals surface area contributed by atoms with Crippen LogP contribution in [0.1, 0.15) is 73.2 Å². The maximum Gasteiger partial charge on any atom is 0.326 e. The van der Waals surface area contributed by atoms with Crippen LogP contribution < -0.4 is 0 Å². The van der Waals surface area contributed by atoms with E-state index in [0.717, 1.165) is 69.1 Å². The van der Waals surface area contributed by atoms with Crippen molar-refractivity contribution in [2.75, 3.05) is 0 Å². The molecule has 0 radical (unpaired) electrons. The zero-order chi connectivity index (χ0) is 16.7. The lowest BCUT2D eigenvalue weighted by Gasteiger charge is -2.32. The SMILES string of the molecule is O=C(O)C1CC2CCCCC2N1C(=O)c1noc2c1CCCCC2. The van der Waals surface area contributed by atoms with Crippen LogP contribution >= 0.6 is 0 Å². The van der Waals surface area contributed by atoms with Crippen molar-refractivity contribution < 1.29 is 19.2 Å². The molecule has 1 aromatic rings. The molecule has 0 bridgehead atoms. The third kappa shape index (κ3) is 2.52. The molecule has 130 valence electrons. The number of carbonyl (C=O) groups is 2. The van der Waals surface area contributed by atoms with E-state index in [1.165, 1.54) is 0 Å². The Balaban J connectivity index is 1.67. The summed E-state index contributed by atoms with van der Waals surface area (Å²) in [5.74, 6) is 0.00690. The molecular weight excluding hydrogens is 308 g/mol. The lowest BCUT2D eigenvalue weighted by atomic mass is 9.84. The Morgan fingerprint density at radius 2 is 1.88 bits per heavy atom. The number of hydrogen-bond acceptors (Lipinski definition) is 4. The fourth-order valence-corrected chi connectivity index (χ4v) is 4.82. The molecule has 3 atom stereocenters. The van der Waals surface area contributed by atoms with Crippen molar-refractivity contribution in [3.8, 4) is 0 Å². The summed E-state index contributed by atoms with van der Waals surface area (Å²) in [6, 6.07) is -0.672. The van der Waals surface area contributed by atoms with Crippen molar-refractivity contribution in [1.82, 2.24) is 10.1 Å². The first kappa shape index (κ1) is 15.7. The van der Waals surface area contributed by atoms with Crippen molar-refractivity contribution in [1.29, 1.82) is 0 Å². The molecule has 6 heteroatoms. The molecule has 2 fully saturated rings. The molecule has 0 spiro atoms. The zero-order valence-corrected chi connectivity index (χ0v) is 13.9. The quantitative estimate of drug-likeness (QED) is 0.842. The van der Waals surface area contributed by atoms with Crippen molar-refractivity contribution in [3.63, 3.8) is 0 Å². The van der Waals surface area contributed by atoms with Crippen LogP contribution in [0.2, 0.25) is 0 Å². The fourth-order valence-electron chi connectivity index (χ4n) is 4.82. The Morgan fingerprint density at radius 3 is 2.71 bits per heavy atom. The lowest BCUT2D eigenvalue weighted by Crippen LogP contribution is -2.46. The first-order valence-corrected chi connectivity index (χ1v) is 9.19. The first-order valence-electron chi connectivity index (χ1n) is 9.19. The fraction of sp³-hybridized carbons (Fsp3) is 0.722. The van der Waals surface area contributed by atoms with Gasteiger partial charge in [0.15, 0.2) is 5.69 Å². The molecule has 0 aromatic carbocycles. The molecule has 3 aliphatic rings. The Labute approximate surface area is 141 Å². The average Bonchev–Trinajstić information content (AvgIpc) is 3.09. The first-order chi connectivity index (χ1) is 11.7. The van der Waals surface area contributed by atoms with Crippen LogP contribution in [0, 0.1) is 5.92 Å². The molecule has 1 aliphatic heterocycles. The van der Waals surface area contributed by atoms with Crippen LogP contribution in [-0.4, -0.2) is 39.1 Å². The number of aromatic nitrogens is 1. The van der Waals surface area contributed by atoms with Crippen molar-refractivity contribution in [2.24, 2.45) is 5.92 Å². The number of aryl methyl sites for hydroxylation is 1. The van der Waals surface area contributed by atoms with E-state index >= 15 is 0 Å². The summed E-state index contributed by atoms with van der Waals surface area (Å²) < 4.78 is 5.43. The molecule has 1 saturated carbocycles. The molecule has 3 unspecified atom stereocenters. The van der Waals surface area contributed by atoms with E-state index in [4.69, 9.17) is 4.52 Å². The van der Waals surface area contributed by atoms with Gasteiger partial charge in [-0.25, -0.2) is 4.79 Å². The molecular formula is C18H24N2O4. The zero-order valence-electron chi connectivity index (χ0n) is 13.9. The third-order valence-corrected chi connectivity index (χ3v) is 6.01. The number of carboxylic acid groups (broad SMARTS) is 1. The van der Waals surface area contributed by atoms with Gasteiger partial charge >= 0.3 is 5.97 Å². The van der Waals surface area contributed by atoms with Crippen LogP contribution in [0.15, 0.2) is 4.52 Å². The Morgan fingerprint density at radius 1 is 1.08 bits per heavy atom. The maximum atomic E-state index is 13.2. The Hall–Kier alpha value is -1.85. The number of carbonyl (C=O) groups excluding carboxylic acids is 1. The van der Waals surface area contributed by atoms with Crippen molar-refractivity contribution >= 4 is 11.9 Å². The number of hydrogen-bond donors (Lipinski definition) is 1. The van der Waals surface area contributed by atoms with Gasteiger partial charge in [-0.2, -0.15) is 0 Å². The van der Waals surface area contributed by atoms with E-state index < -0.39 is 12.0 Å². The summed E-state index contributed by atoms with van der Waals surface area (Å²) in [5.41, 5.74) is 1.28. The predicted octanol–water partition coefficient (Wildman–Crippen LogP) is 2.80. The monoisotopic (exact) mass is 332 g/mol. The molecule has 24 heavy (non-hydrogen) atoms. The molecule has 1 amide bonds. The van der Waals surface area contributed by atoms with Gasteiger partial charge in [-0.1, -0.05) is 24.4 Å². The van der Waals surface area contributed by atoms with Gasteiger partial charge in [0, 0.05) is 18.0 Å². The highest BCUT2D eigenvalue weighted by Crippen LogP contribution is 2.41. The minimum absolute atomic E-state index is 0.0467. The molecule has 2 heterocycles. The summed E-state index contributed by atoms with van der Waals surface area (Å²) >= 11 is 0. The maximum absolute atomic E-state index is 13.2. The van der Waals surface area contributed by atoms with Crippen molar-refractivity contribution in [2.45, 2.75) is 76.3 Å². The van der Waals surface area contributed by atoms with Gasteiger partial charge in [-0.15, -0.1) is 0 Å². The molecule has 1 aromatic heterocycles. The van der Waals surface area contributed by atoms with Gasteiger partial charge < -0.3 is 14.5 Å². The van der Waals surface area contributed by atoms with E-state index in [1.807, 2.05) is 0 Å². The van der Waals surface area contributed by atoms with Crippen LogP contribution in [-0.2, 0) is 17.6 Å². The summed E-state index contributed by atoms with van der Waals surface area (Å²) in [5, 5.41) is 13.7. The predicted molar refractivity (Wildman–Crippen MR) is 85.7 cm³/mol. The highest BCUT2D eigenvalue weighted by atomic mass is 16.5. The molecule has 1 saturated heterocycles. The number of aliphatic carboxylic acids is 1. The molecule has 4 rings (SSSR count). The summed E-state index contributed by atoms with van der Waals surface area (Å²) in [6.07, 6.45) is 9.54. The summed E-state index contributed by atoms with van der Waals surface area (Å²) in [7, 11) is 0. The third-order valence-electron chi connectivity index (χ3n) is 6.01. The topological polar surface area (TPSA) is 83.6 Å². The van der Waals surface area contributed by atoms with Crippen LogP contribution in [0.4, 0.5) is 0 Å². The largest absolute Gasteiger partial charge is 0.480 e. The number of amides is 1. The van der Waals surface area contributed by atoms with Gasteiger partial charge in [-0.05, 0) is 44.4 Å². The van der Waals surface area contributed by atoms with Gasteiger partial charge in [0.25, 0.3) is 5.91 Å². The van der Waals surface area contributed by atoms with Gasteiger partial charge in [0.1, 0.15) is 11.8 Å². The van der Waals surface area contributed by atoms with Gasteiger partial charge in [0.2, 0.25) is 0 Å². The smallest absolute Gasteiger partial charge is 0.326 e. The number of likely N-dealkylation sites (tertiary alicyclic amines) is 1. The van der Waals surface area contributed by atoms with E-state index in [2.05, 4.69) is 5.16 Å². The number of carboxylic acids is 1. The highest BCUT2D eigenvalue weighted by molar-refractivity contribution is 5.97. The van der Waals surface area contributed by atoms with E-state index in [9.17, 15) is 14.7 Å². The Kier molecular flexibility index (Phi) is 4.06. The van der Waals surface area contributed by atoms with Gasteiger partial charge in [-0.3, -0.25) is 4.79 Å². The van der Waals surface area contributed by atoms with E-state index in [0.29, 0.717) is 18.0 Å². The minimum Gasteiger partial charge on any atom is -0.480 e. The molecule has 2 aliphatic carbocycles. The number of fused-ring (bicyclic) bond motifs is 2. The van der Waals surface area contributed by atoms with Crippen LogP contribution in [0.3, 0.4) is 0 Å². The van der Waals surface area contributed by atoms with Crippen LogP contribution in [0.25, 0.3) is 0 Å². The van der Waals surface area contributed by atoms with Crippen molar-refractivity contribution in [3.05, 3.63) is 17.0 Å². The second-order valence-electron chi connectivity index (χ2n) is 7.41. The summed E-state index contributed by atoms with van der Waals surface area (Å²) in [6.45, 7) is 0. The Bertz CT molecular complexity index is 653. The summed E-state index contributed by atoms with van der Waals surface area (Å²) in [4.78, 5) is 26.6.